The van der Waals surface area contributed by atoms with E-state index in [9.17, 15) is 0 Å². The van der Waals surface area contributed by atoms with Crippen LogP contribution in [0.5, 0.6) is 0 Å². The van der Waals surface area contributed by atoms with Gasteiger partial charge in [0.05, 0.1) is 6.10 Å². The van der Waals surface area contributed by atoms with E-state index in [0.29, 0.717) is 11.5 Å². The molecular formula is C11H22O. The fraction of sp³-hybridized carbons (Fsp3) is 1.00. The van der Waals surface area contributed by atoms with Gasteiger partial charge in [0.25, 0.3) is 0 Å². The molecule has 1 fully saturated rings. The maximum absolute atomic E-state index is 5.77. The largest absolute Gasteiger partial charge is 0.378 e. The molecule has 1 saturated carbocycles. The maximum Gasteiger partial charge on any atom is 0.0580 e. The van der Waals surface area contributed by atoms with Gasteiger partial charge in [-0.2, -0.15) is 0 Å². The van der Waals surface area contributed by atoms with Crippen LogP contribution in [0.15, 0.2) is 0 Å². The fourth-order valence-corrected chi connectivity index (χ4v) is 2.06. The minimum absolute atomic E-state index is 0.524. The Bertz CT molecular complexity index is 129. The van der Waals surface area contributed by atoms with Crippen molar-refractivity contribution in [1.82, 2.24) is 0 Å². The molecule has 0 radical (unpaired) electrons. The second-order valence-electron chi connectivity index (χ2n) is 4.75. The van der Waals surface area contributed by atoms with Crippen LogP contribution in [0.4, 0.5) is 0 Å². The van der Waals surface area contributed by atoms with Gasteiger partial charge in [0.2, 0.25) is 0 Å². The molecule has 72 valence electrons. The van der Waals surface area contributed by atoms with Crippen molar-refractivity contribution in [3.63, 3.8) is 0 Å². The van der Waals surface area contributed by atoms with Crippen LogP contribution >= 0.6 is 0 Å². The summed E-state index contributed by atoms with van der Waals surface area (Å²) in [7, 11) is 0. The second kappa shape index (κ2) is 4.27. The van der Waals surface area contributed by atoms with Crippen LogP contribution < -0.4 is 0 Å². The van der Waals surface area contributed by atoms with Crippen LogP contribution in [0.3, 0.4) is 0 Å². The van der Waals surface area contributed by atoms with E-state index in [1.165, 1.54) is 25.7 Å². The molecular weight excluding hydrogens is 148 g/mol. The molecule has 0 bridgehead atoms. The van der Waals surface area contributed by atoms with Gasteiger partial charge in [-0.15, -0.1) is 0 Å². The van der Waals surface area contributed by atoms with Gasteiger partial charge in [-0.3, -0.25) is 0 Å². The number of hydrogen-bond donors (Lipinski definition) is 0. The summed E-state index contributed by atoms with van der Waals surface area (Å²) in [4.78, 5) is 0. The molecule has 0 heterocycles. The molecule has 0 N–H and O–H groups in total. The van der Waals surface area contributed by atoms with Crippen molar-refractivity contribution >= 4 is 0 Å². The molecule has 1 atom stereocenters. The SMILES string of the molecule is CCCOC1CCCC(C)(C)C1. The lowest BCUT2D eigenvalue weighted by Gasteiger charge is -2.34. The average molecular weight is 170 g/mol. The standard InChI is InChI=1S/C11H22O/c1-4-8-12-10-6-5-7-11(2,3)9-10/h10H,4-9H2,1-3H3. The average Bonchev–Trinajstić information content (AvgIpc) is 1.99. The summed E-state index contributed by atoms with van der Waals surface area (Å²) in [5.74, 6) is 0. The predicted octanol–water partition coefficient (Wildman–Crippen LogP) is 3.38. The van der Waals surface area contributed by atoms with E-state index in [4.69, 9.17) is 4.74 Å². The maximum atomic E-state index is 5.77. The van der Waals surface area contributed by atoms with Gasteiger partial charge in [0, 0.05) is 6.61 Å². The molecule has 1 aliphatic carbocycles. The first-order valence-electron chi connectivity index (χ1n) is 5.26. The summed E-state index contributed by atoms with van der Waals surface area (Å²) in [6.07, 6.45) is 6.96. The first-order chi connectivity index (χ1) is 5.64. The molecule has 0 saturated heterocycles. The Hall–Kier alpha value is -0.0400. The minimum Gasteiger partial charge on any atom is -0.378 e. The number of ether oxygens (including phenoxy) is 1. The van der Waals surface area contributed by atoms with Crippen molar-refractivity contribution in [1.29, 1.82) is 0 Å². The topological polar surface area (TPSA) is 9.23 Å². The van der Waals surface area contributed by atoms with Crippen LogP contribution in [-0.4, -0.2) is 12.7 Å². The predicted molar refractivity (Wildman–Crippen MR) is 52.3 cm³/mol. The Balaban J connectivity index is 2.26. The zero-order valence-corrected chi connectivity index (χ0v) is 8.73. The Morgan fingerprint density at radius 3 is 2.75 bits per heavy atom. The molecule has 1 unspecified atom stereocenters. The van der Waals surface area contributed by atoms with Crippen molar-refractivity contribution in [2.75, 3.05) is 6.61 Å². The Kier molecular flexibility index (Phi) is 3.57. The van der Waals surface area contributed by atoms with E-state index in [1.807, 2.05) is 0 Å². The Labute approximate surface area is 76.5 Å². The lowest BCUT2D eigenvalue weighted by atomic mass is 9.76. The van der Waals surface area contributed by atoms with Crippen LogP contribution in [0.25, 0.3) is 0 Å². The van der Waals surface area contributed by atoms with E-state index < -0.39 is 0 Å². The van der Waals surface area contributed by atoms with Gasteiger partial charge in [0.15, 0.2) is 0 Å². The zero-order valence-electron chi connectivity index (χ0n) is 8.73. The summed E-state index contributed by atoms with van der Waals surface area (Å²) < 4.78 is 5.77. The monoisotopic (exact) mass is 170 g/mol. The molecule has 12 heavy (non-hydrogen) atoms. The molecule has 1 rings (SSSR count). The van der Waals surface area contributed by atoms with Gasteiger partial charge >= 0.3 is 0 Å². The third-order valence-corrected chi connectivity index (χ3v) is 2.72. The van der Waals surface area contributed by atoms with E-state index in [1.54, 1.807) is 0 Å². The highest BCUT2D eigenvalue weighted by Crippen LogP contribution is 2.36. The second-order valence-corrected chi connectivity index (χ2v) is 4.75. The van der Waals surface area contributed by atoms with E-state index in [-0.39, 0.29) is 0 Å². The van der Waals surface area contributed by atoms with E-state index in [0.717, 1.165) is 13.0 Å². The molecule has 0 amide bonds. The normalized spacial score (nSPS) is 28.8. The lowest BCUT2D eigenvalue weighted by Crippen LogP contribution is -2.28. The molecule has 0 aromatic carbocycles. The van der Waals surface area contributed by atoms with E-state index in [2.05, 4.69) is 20.8 Å². The van der Waals surface area contributed by atoms with Crippen molar-refractivity contribution in [2.24, 2.45) is 5.41 Å². The van der Waals surface area contributed by atoms with Crippen molar-refractivity contribution in [3.8, 4) is 0 Å². The van der Waals surface area contributed by atoms with Crippen molar-refractivity contribution < 1.29 is 4.74 Å². The number of rotatable bonds is 3. The van der Waals surface area contributed by atoms with Gasteiger partial charge in [-0.1, -0.05) is 27.2 Å². The zero-order chi connectivity index (χ0) is 9.03. The smallest absolute Gasteiger partial charge is 0.0580 e. The third kappa shape index (κ3) is 3.14. The summed E-state index contributed by atoms with van der Waals surface area (Å²) in [5, 5.41) is 0. The van der Waals surface area contributed by atoms with Crippen LogP contribution in [0, 0.1) is 5.41 Å². The number of hydrogen-bond acceptors (Lipinski definition) is 1. The van der Waals surface area contributed by atoms with Gasteiger partial charge < -0.3 is 4.74 Å². The fourth-order valence-electron chi connectivity index (χ4n) is 2.06. The third-order valence-electron chi connectivity index (χ3n) is 2.72. The molecule has 0 aromatic heterocycles. The Morgan fingerprint density at radius 2 is 2.17 bits per heavy atom. The lowest BCUT2D eigenvalue weighted by molar-refractivity contribution is -0.00560. The van der Waals surface area contributed by atoms with Gasteiger partial charge in [-0.25, -0.2) is 0 Å². The quantitative estimate of drug-likeness (QED) is 0.631. The molecule has 1 heteroatoms. The highest BCUT2D eigenvalue weighted by molar-refractivity contribution is 4.79. The van der Waals surface area contributed by atoms with E-state index >= 15 is 0 Å². The first-order valence-corrected chi connectivity index (χ1v) is 5.26. The summed E-state index contributed by atoms with van der Waals surface area (Å²) in [6.45, 7) is 7.83. The highest BCUT2D eigenvalue weighted by Gasteiger charge is 2.27. The molecule has 0 aromatic rings. The van der Waals surface area contributed by atoms with Crippen LogP contribution in [0.2, 0.25) is 0 Å². The summed E-state index contributed by atoms with van der Waals surface area (Å²) >= 11 is 0. The molecule has 0 spiro atoms. The molecule has 0 aliphatic heterocycles. The van der Waals surface area contributed by atoms with Crippen molar-refractivity contribution in [3.05, 3.63) is 0 Å². The Morgan fingerprint density at radius 1 is 1.42 bits per heavy atom. The first kappa shape index (κ1) is 10.0. The van der Waals surface area contributed by atoms with Gasteiger partial charge in [0.1, 0.15) is 0 Å². The van der Waals surface area contributed by atoms with Crippen LogP contribution in [-0.2, 0) is 4.74 Å². The highest BCUT2D eigenvalue weighted by atomic mass is 16.5. The van der Waals surface area contributed by atoms with Gasteiger partial charge in [-0.05, 0) is 31.1 Å². The minimum atomic E-state index is 0.524. The molecule has 1 nitrogen and oxygen atoms in total. The van der Waals surface area contributed by atoms with Crippen LogP contribution in [0.1, 0.15) is 52.9 Å². The van der Waals surface area contributed by atoms with Crippen molar-refractivity contribution in [2.45, 2.75) is 59.0 Å². The molecule has 1 aliphatic rings. The summed E-state index contributed by atoms with van der Waals surface area (Å²) in [6, 6.07) is 0. The summed E-state index contributed by atoms with van der Waals surface area (Å²) in [5.41, 5.74) is 0.524.